The highest BCUT2D eigenvalue weighted by Gasteiger charge is 2.34. The molecule has 0 aromatic heterocycles. The molecule has 3 rings (SSSR count). The number of amides is 2. The van der Waals surface area contributed by atoms with Gasteiger partial charge in [0.25, 0.3) is 0 Å². The SMILES string of the molecule is CCC(C)[C@H](NC(=O)CN1CCCC1)C(=O)N[C@@H](Cc1ccccc1)[C@H](O)CN(CC(C)C)S(=O)(=O)c1ccc(OC)cc1. The highest BCUT2D eigenvalue weighted by molar-refractivity contribution is 7.89. The van der Waals surface area contributed by atoms with Gasteiger partial charge in [-0.2, -0.15) is 4.31 Å². The maximum atomic E-state index is 13.8. The molecule has 0 bridgehead atoms. The van der Waals surface area contributed by atoms with Crippen LogP contribution >= 0.6 is 0 Å². The highest BCUT2D eigenvalue weighted by Crippen LogP contribution is 2.22. The summed E-state index contributed by atoms with van der Waals surface area (Å²) < 4.78 is 33.9. The van der Waals surface area contributed by atoms with E-state index in [-0.39, 0.29) is 48.7 Å². The van der Waals surface area contributed by atoms with Crippen LogP contribution in [0.15, 0.2) is 59.5 Å². The van der Waals surface area contributed by atoms with Crippen molar-refractivity contribution in [1.29, 1.82) is 0 Å². The summed E-state index contributed by atoms with van der Waals surface area (Å²) in [4.78, 5) is 28.9. The van der Waals surface area contributed by atoms with Crippen molar-refractivity contribution >= 4 is 21.8 Å². The van der Waals surface area contributed by atoms with Gasteiger partial charge in [0, 0.05) is 13.1 Å². The number of likely N-dealkylation sites (tertiary alicyclic amines) is 1. The van der Waals surface area contributed by atoms with E-state index < -0.39 is 34.1 Å². The first-order chi connectivity index (χ1) is 20.9. The molecule has 1 unspecified atom stereocenters. The number of aliphatic hydroxyl groups is 1. The quantitative estimate of drug-likeness (QED) is 0.245. The van der Waals surface area contributed by atoms with Crippen molar-refractivity contribution in [2.75, 3.05) is 39.8 Å². The first-order valence-corrected chi connectivity index (χ1v) is 17.1. The minimum atomic E-state index is -3.97. The van der Waals surface area contributed by atoms with Crippen LogP contribution in [0.3, 0.4) is 0 Å². The standard InChI is InChI=1S/C33H50N4O6S/c1-6-25(4)32(35-31(39)23-36-18-10-11-19-36)33(40)34-29(20-26-12-8-7-9-13-26)30(38)22-37(21-24(2)3)44(41,42)28-16-14-27(43-5)15-17-28/h7-9,12-17,24-25,29-30,32,38H,6,10-11,18-23H2,1-5H3,(H,34,40)(H,35,39)/t25?,29-,30+,32-/m0/s1. The van der Waals surface area contributed by atoms with E-state index in [9.17, 15) is 23.1 Å². The zero-order valence-electron chi connectivity index (χ0n) is 26.7. The summed E-state index contributed by atoms with van der Waals surface area (Å²) in [6, 6.07) is 14.0. The largest absolute Gasteiger partial charge is 0.497 e. The Bertz CT molecular complexity index is 1280. The maximum Gasteiger partial charge on any atom is 0.243 e. The molecule has 2 aromatic rings. The van der Waals surface area contributed by atoms with Gasteiger partial charge in [0.05, 0.1) is 30.7 Å². The zero-order chi connectivity index (χ0) is 32.3. The minimum absolute atomic E-state index is 0.0157. The van der Waals surface area contributed by atoms with Gasteiger partial charge in [-0.15, -0.1) is 0 Å². The first kappa shape index (κ1) is 35.5. The van der Waals surface area contributed by atoms with Crippen molar-refractivity contribution in [3.63, 3.8) is 0 Å². The molecule has 44 heavy (non-hydrogen) atoms. The van der Waals surface area contributed by atoms with Gasteiger partial charge in [-0.05, 0) is 74.0 Å². The number of nitrogens with one attached hydrogen (secondary N) is 2. The number of methoxy groups -OCH3 is 1. The Morgan fingerprint density at radius 1 is 0.977 bits per heavy atom. The number of benzene rings is 2. The third-order valence-corrected chi connectivity index (χ3v) is 9.97. The minimum Gasteiger partial charge on any atom is -0.497 e. The molecule has 1 fully saturated rings. The van der Waals surface area contributed by atoms with Crippen LogP contribution in [-0.4, -0.2) is 92.6 Å². The number of nitrogens with zero attached hydrogens (tertiary/aromatic N) is 2. The molecule has 244 valence electrons. The predicted molar refractivity (Wildman–Crippen MR) is 172 cm³/mol. The molecular formula is C33H50N4O6S. The lowest BCUT2D eigenvalue weighted by Gasteiger charge is -2.32. The fourth-order valence-corrected chi connectivity index (χ4v) is 7.02. The maximum absolute atomic E-state index is 13.8. The summed E-state index contributed by atoms with van der Waals surface area (Å²) >= 11 is 0. The summed E-state index contributed by atoms with van der Waals surface area (Å²) in [7, 11) is -2.46. The fourth-order valence-electron chi connectivity index (χ4n) is 5.40. The lowest BCUT2D eigenvalue weighted by molar-refractivity contribution is -0.131. The third-order valence-electron chi connectivity index (χ3n) is 8.13. The molecule has 0 spiro atoms. The van der Waals surface area contributed by atoms with Crippen LogP contribution in [0.2, 0.25) is 0 Å². The molecule has 2 amide bonds. The molecular weight excluding hydrogens is 580 g/mol. The van der Waals surface area contributed by atoms with Gasteiger partial charge >= 0.3 is 0 Å². The summed E-state index contributed by atoms with van der Waals surface area (Å²) in [5, 5.41) is 17.5. The van der Waals surface area contributed by atoms with Gasteiger partial charge in [0.2, 0.25) is 21.8 Å². The third kappa shape index (κ3) is 10.3. The molecule has 1 aliphatic rings. The van der Waals surface area contributed by atoms with Gasteiger partial charge < -0.3 is 20.5 Å². The van der Waals surface area contributed by atoms with Gasteiger partial charge in [-0.3, -0.25) is 14.5 Å². The summed E-state index contributed by atoms with van der Waals surface area (Å²) in [5.74, 6) is -0.241. The van der Waals surface area contributed by atoms with E-state index in [1.165, 1.54) is 23.5 Å². The lowest BCUT2D eigenvalue weighted by Crippen LogP contribution is -2.57. The molecule has 10 nitrogen and oxygen atoms in total. The van der Waals surface area contributed by atoms with Gasteiger partial charge in [-0.1, -0.05) is 64.4 Å². The average Bonchev–Trinajstić information content (AvgIpc) is 3.52. The molecule has 1 heterocycles. The van der Waals surface area contributed by atoms with Gasteiger partial charge in [0.15, 0.2) is 0 Å². The number of rotatable bonds is 17. The number of aliphatic hydroxyl groups excluding tert-OH is 1. The van der Waals surface area contributed by atoms with Crippen molar-refractivity contribution in [2.24, 2.45) is 11.8 Å². The molecule has 4 atom stereocenters. The summed E-state index contributed by atoms with van der Waals surface area (Å²) in [6.45, 7) is 9.62. The van der Waals surface area contributed by atoms with E-state index in [1.807, 2.05) is 58.0 Å². The van der Waals surface area contributed by atoms with Crippen molar-refractivity contribution in [2.45, 2.75) is 76.5 Å². The summed E-state index contributed by atoms with van der Waals surface area (Å²) in [5.41, 5.74) is 0.878. The zero-order valence-corrected chi connectivity index (χ0v) is 27.6. The Hall–Kier alpha value is -2.99. The van der Waals surface area contributed by atoms with E-state index in [1.54, 1.807) is 12.1 Å². The molecule has 0 aliphatic carbocycles. The topological polar surface area (TPSA) is 128 Å². The van der Waals surface area contributed by atoms with Crippen molar-refractivity contribution in [3.05, 3.63) is 60.2 Å². The van der Waals surface area contributed by atoms with E-state index in [4.69, 9.17) is 4.74 Å². The van der Waals surface area contributed by atoms with Crippen LogP contribution in [0.1, 0.15) is 52.5 Å². The van der Waals surface area contributed by atoms with E-state index >= 15 is 0 Å². The van der Waals surface area contributed by atoms with Crippen LogP contribution in [0.25, 0.3) is 0 Å². The number of hydrogen-bond donors (Lipinski definition) is 3. The second-order valence-corrected chi connectivity index (χ2v) is 14.1. The predicted octanol–water partition coefficient (Wildman–Crippen LogP) is 3.06. The van der Waals surface area contributed by atoms with Crippen LogP contribution in [0.4, 0.5) is 0 Å². The Morgan fingerprint density at radius 3 is 2.18 bits per heavy atom. The van der Waals surface area contributed by atoms with Crippen molar-refractivity contribution in [3.8, 4) is 5.75 Å². The molecule has 11 heteroatoms. The van der Waals surface area contributed by atoms with Crippen molar-refractivity contribution in [1.82, 2.24) is 19.8 Å². The van der Waals surface area contributed by atoms with E-state index in [0.717, 1.165) is 31.5 Å². The molecule has 0 saturated carbocycles. The number of ether oxygens (including phenoxy) is 1. The fraction of sp³-hybridized carbons (Fsp3) is 0.576. The smallest absolute Gasteiger partial charge is 0.243 e. The highest BCUT2D eigenvalue weighted by atomic mass is 32.2. The van der Waals surface area contributed by atoms with Crippen LogP contribution < -0.4 is 15.4 Å². The Labute approximate surface area is 263 Å². The first-order valence-electron chi connectivity index (χ1n) is 15.6. The number of carbonyl (C=O) groups excluding carboxylic acids is 2. The average molecular weight is 631 g/mol. The lowest BCUT2D eigenvalue weighted by atomic mass is 9.96. The Balaban J connectivity index is 1.85. The van der Waals surface area contributed by atoms with Crippen LogP contribution in [-0.2, 0) is 26.0 Å². The monoisotopic (exact) mass is 630 g/mol. The van der Waals surface area contributed by atoms with Crippen molar-refractivity contribution < 1.29 is 27.9 Å². The normalized spacial score (nSPS) is 16.8. The molecule has 1 saturated heterocycles. The van der Waals surface area contributed by atoms with Crippen LogP contribution in [0.5, 0.6) is 5.75 Å². The van der Waals surface area contributed by atoms with E-state index in [0.29, 0.717) is 12.2 Å². The summed E-state index contributed by atoms with van der Waals surface area (Å²) in [6.07, 6.45) is 1.83. The number of hydrogen-bond acceptors (Lipinski definition) is 7. The molecule has 1 aliphatic heterocycles. The second-order valence-electron chi connectivity index (χ2n) is 12.2. The molecule has 0 radical (unpaired) electrons. The second kappa shape index (κ2) is 16.9. The number of sulfonamides is 1. The van der Waals surface area contributed by atoms with Gasteiger partial charge in [-0.25, -0.2) is 8.42 Å². The molecule has 3 N–H and O–H groups in total. The Morgan fingerprint density at radius 2 is 1.61 bits per heavy atom. The molecule has 2 aromatic carbocycles. The Kier molecular flexibility index (Phi) is 13.6. The van der Waals surface area contributed by atoms with Crippen LogP contribution in [0, 0.1) is 11.8 Å². The van der Waals surface area contributed by atoms with E-state index in [2.05, 4.69) is 15.5 Å². The van der Waals surface area contributed by atoms with Gasteiger partial charge in [0.1, 0.15) is 11.8 Å². The number of carbonyl (C=O) groups is 2.